The second-order valence-electron chi connectivity index (χ2n) is 3.28. The summed E-state index contributed by atoms with van der Waals surface area (Å²) >= 11 is 0. The molecule has 0 saturated carbocycles. The molecule has 0 aromatic heterocycles. The molecule has 0 radical (unpaired) electrons. The van der Waals surface area contributed by atoms with Crippen LogP contribution in [0.5, 0.6) is 0 Å². The predicted octanol–water partition coefficient (Wildman–Crippen LogP) is 1.56. The molecule has 0 aliphatic heterocycles. The van der Waals surface area contributed by atoms with E-state index in [1.165, 1.54) is 0 Å². The Bertz CT molecular complexity index is 223. The van der Waals surface area contributed by atoms with Crippen LogP contribution in [0.4, 0.5) is 0 Å². The summed E-state index contributed by atoms with van der Waals surface area (Å²) in [5.41, 5.74) is 0. The van der Waals surface area contributed by atoms with Gasteiger partial charge in [-0.25, -0.2) is 0 Å². The number of hydrogen-bond acceptors (Lipinski definition) is 4. The third-order valence-electron chi connectivity index (χ3n) is 2.24. The van der Waals surface area contributed by atoms with E-state index in [0.29, 0.717) is 13.2 Å². The number of nitrogens with zero attached hydrogens (tertiary/aromatic N) is 2. The van der Waals surface area contributed by atoms with E-state index in [1.807, 2.05) is 18.7 Å². The van der Waals surface area contributed by atoms with Crippen molar-refractivity contribution in [1.29, 1.82) is 5.26 Å². The number of ether oxygens (including phenoxy) is 1. The normalized spacial score (nSPS) is 12.2. The molecule has 0 spiro atoms. The van der Waals surface area contributed by atoms with Crippen molar-refractivity contribution in [3.63, 3.8) is 0 Å². The van der Waals surface area contributed by atoms with Gasteiger partial charge in [0.2, 0.25) is 0 Å². The van der Waals surface area contributed by atoms with Gasteiger partial charge >= 0.3 is 5.97 Å². The molecule has 0 heterocycles. The van der Waals surface area contributed by atoms with Gasteiger partial charge < -0.3 is 4.74 Å². The van der Waals surface area contributed by atoms with Crippen molar-refractivity contribution in [2.24, 2.45) is 0 Å². The minimum atomic E-state index is -0.264. The Balaban J connectivity index is 4.46. The first kappa shape index (κ1) is 13.9. The van der Waals surface area contributed by atoms with Gasteiger partial charge in [-0.2, -0.15) is 5.26 Å². The van der Waals surface area contributed by atoms with E-state index >= 15 is 0 Å². The number of carbonyl (C=O) groups is 1. The highest BCUT2D eigenvalue weighted by Gasteiger charge is 2.24. The van der Waals surface area contributed by atoms with Crippen LogP contribution >= 0.6 is 0 Å². The predicted molar refractivity (Wildman–Crippen MR) is 58.2 cm³/mol. The summed E-state index contributed by atoms with van der Waals surface area (Å²) in [4.78, 5) is 13.5. The lowest BCUT2D eigenvalue weighted by molar-refractivity contribution is -0.149. The Morgan fingerprint density at radius 2 is 2.13 bits per heavy atom. The second-order valence-corrected chi connectivity index (χ2v) is 3.28. The largest absolute Gasteiger partial charge is 0.465 e. The van der Waals surface area contributed by atoms with E-state index in [2.05, 4.69) is 6.07 Å². The number of nitriles is 1. The molecule has 1 unspecified atom stereocenters. The van der Waals surface area contributed by atoms with Crippen LogP contribution in [0.1, 0.15) is 33.6 Å². The van der Waals surface area contributed by atoms with E-state index in [1.54, 1.807) is 6.92 Å². The van der Waals surface area contributed by atoms with Crippen LogP contribution in [0, 0.1) is 11.3 Å². The van der Waals surface area contributed by atoms with Crippen LogP contribution in [-0.2, 0) is 9.53 Å². The third kappa shape index (κ3) is 4.80. The average Bonchev–Trinajstić information content (AvgIpc) is 2.23. The maximum absolute atomic E-state index is 11.6. The van der Waals surface area contributed by atoms with Crippen molar-refractivity contribution < 1.29 is 9.53 Å². The molecule has 0 rings (SSSR count). The summed E-state index contributed by atoms with van der Waals surface area (Å²) in [6, 6.07) is 1.81. The lowest BCUT2D eigenvalue weighted by Gasteiger charge is -2.26. The molecule has 0 aliphatic rings. The Labute approximate surface area is 91.8 Å². The summed E-state index contributed by atoms with van der Waals surface area (Å²) in [6.07, 6.45) is 1.65. The molecular weight excluding hydrogens is 192 g/mol. The summed E-state index contributed by atoms with van der Waals surface area (Å²) in [5, 5.41) is 8.65. The highest BCUT2D eigenvalue weighted by Crippen LogP contribution is 2.08. The van der Waals surface area contributed by atoms with Crippen molar-refractivity contribution in [1.82, 2.24) is 4.90 Å². The van der Waals surface area contributed by atoms with Gasteiger partial charge in [-0.05, 0) is 19.9 Å². The Morgan fingerprint density at radius 3 is 2.53 bits per heavy atom. The molecule has 0 bridgehead atoms. The van der Waals surface area contributed by atoms with Crippen molar-refractivity contribution in [2.45, 2.75) is 39.7 Å². The first-order chi connectivity index (χ1) is 7.21. The van der Waals surface area contributed by atoms with Gasteiger partial charge in [0, 0.05) is 0 Å². The zero-order chi connectivity index (χ0) is 11.7. The fourth-order valence-corrected chi connectivity index (χ4v) is 1.49. The standard InChI is InChI=1S/C11H20N2O2/c1-4-7-10(11(14)15-6-3)13(5-2)9-8-12/h10H,4-7,9H2,1-3H3. The Morgan fingerprint density at radius 1 is 1.47 bits per heavy atom. The molecule has 1 atom stereocenters. The minimum Gasteiger partial charge on any atom is -0.465 e. The lowest BCUT2D eigenvalue weighted by atomic mass is 10.1. The number of likely N-dealkylation sites (N-methyl/N-ethyl adjacent to an activating group) is 1. The van der Waals surface area contributed by atoms with E-state index in [-0.39, 0.29) is 18.6 Å². The molecule has 86 valence electrons. The van der Waals surface area contributed by atoms with Gasteiger partial charge in [0.05, 0.1) is 19.2 Å². The van der Waals surface area contributed by atoms with Crippen molar-refractivity contribution in [2.75, 3.05) is 19.7 Å². The van der Waals surface area contributed by atoms with E-state index in [9.17, 15) is 4.79 Å². The summed E-state index contributed by atoms with van der Waals surface area (Å²) in [7, 11) is 0. The van der Waals surface area contributed by atoms with Gasteiger partial charge in [-0.1, -0.05) is 20.3 Å². The number of hydrogen-bond donors (Lipinski definition) is 0. The number of carbonyl (C=O) groups excluding carboxylic acids is 1. The first-order valence-corrected chi connectivity index (χ1v) is 5.48. The topological polar surface area (TPSA) is 53.3 Å². The van der Waals surface area contributed by atoms with Crippen LogP contribution in [0.2, 0.25) is 0 Å². The maximum Gasteiger partial charge on any atom is 0.323 e. The van der Waals surface area contributed by atoms with Crippen molar-refractivity contribution in [3.05, 3.63) is 0 Å². The highest BCUT2D eigenvalue weighted by molar-refractivity contribution is 5.75. The smallest absolute Gasteiger partial charge is 0.323 e. The summed E-state index contributed by atoms with van der Waals surface area (Å²) in [5.74, 6) is -0.212. The minimum absolute atomic E-state index is 0.212. The quantitative estimate of drug-likeness (QED) is 0.475. The molecule has 4 nitrogen and oxygen atoms in total. The fraction of sp³-hybridized carbons (Fsp3) is 0.818. The van der Waals surface area contributed by atoms with Crippen LogP contribution in [0.3, 0.4) is 0 Å². The molecule has 0 amide bonds. The lowest BCUT2D eigenvalue weighted by Crippen LogP contribution is -2.42. The Kier molecular flexibility index (Phi) is 7.65. The number of esters is 1. The van der Waals surface area contributed by atoms with Crippen LogP contribution in [-0.4, -0.2) is 36.6 Å². The molecular formula is C11H20N2O2. The molecule has 0 aliphatic carbocycles. The maximum atomic E-state index is 11.6. The van der Waals surface area contributed by atoms with Crippen LogP contribution in [0.15, 0.2) is 0 Å². The van der Waals surface area contributed by atoms with Gasteiger partial charge in [0.15, 0.2) is 0 Å². The van der Waals surface area contributed by atoms with Crippen LogP contribution in [0.25, 0.3) is 0 Å². The molecule has 0 aromatic carbocycles. The van der Waals surface area contributed by atoms with Gasteiger partial charge in [-0.3, -0.25) is 9.69 Å². The van der Waals surface area contributed by atoms with Crippen molar-refractivity contribution >= 4 is 5.97 Å². The van der Waals surface area contributed by atoms with Crippen molar-refractivity contribution in [3.8, 4) is 6.07 Å². The monoisotopic (exact) mass is 212 g/mol. The molecule has 0 fully saturated rings. The fourth-order valence-electron chi connectivity index (χ4n) is 1.49. The molecule has 0 N–H and O–H groups in total. The van der Waals surface area contributed by atoms with Crippen LogP contribution < -0.4 is 0 Å². The SMILES string of the molecule is CCCC(C(=O)OCC)N(CC)CC#N. The zero-order valence-electron chi connectivity index (χ0n) is 9.82. The van der Waals surface area contributed by atoms with E-state index in [4.69, 9.17) is 10.00 Å². The molecule has 4 heteroatoms. The first-order valence-electron chi connectivity index (χ1n) is 5.48. The molecule has 0 aromatic rings. The Hall–Kier alpha value is -1.08. The summed E-state index contributed by atoms with van der Waals surface area (Å²) in [6.45, 7) is 7.12. The van der Waals surface area contributed by atoms with E-state index in [0.717, 1.165) is 12.8 Å². The average molecular weight is 212 g/mol. The zero-order valence-corrected chi connectivity index (χ0v) is 9.82. The third-order valence-corrected chi connectivity index (χ3v) is 2.24. The van der Waals surface area contributed by atoms with Gasteiger partial charge in [0.25, 0.3) is 0 Å². The number of rotatable bonds is 7. The molecule has 0 saturated heterocycles. The highest BCUT2D eigenvalue weighted by atomic mass is 16.5. The van der Waals surface area contributed by atoms with Gasteiger partial charge in [-0.15, -0.1) is 0 Å². The second kappa shape index (κ2) is 8.25. The van der Waals surface area contributed by atoms with Gasteiger partial charge in [0.1, 0.15) is 6.04 Å². The summed E-state index contributed by atoms with van der Waals surface area (Å²) < 4.78 is 5.00. The molecule has 15 heavy (non-hydrogen) atoms. The van der Waals surface area contributed by atoms with E-state index < -0.39 is 0 Å².